The molecule has 0 bridgehead atoms. The summed E-state index contributed by atoms with van der Waals surface area (Å²) in [4.78, 5) is 9.54. The first-order valence-corrected chi connectivity index (χ1v) is 13.1. The molecule has 0 radical (unpaired) electrons. The largest absolute Gasteiger partial charge is 0.365 e. The molecule has 6 rings (SSSR count). The maximum Gasteiger partial charge on any atom is 0.283 e. The normalized spacial score (nSPS) is 16.6. The molecule has 0 spiro atoms. The number of fused-ring (bicyclic) bond motifs is 1. The molecule has 1 saturated carbocycles. The van der Waals surface area contributed by atoms with Gasteiger partial charge in [0, 0.05) is 30.4 Å². The van der Waals surface area contributed by atoms with Crippen LogP contribution in [0.15, 0.2) is 84.0 Å². The highest BCUT2D eigenvalue weighted by Gasteiger charge is 2.42. The SMILES string of the molecule is Cc1ccc(S(=O)(=O)n2nc(NC3CC3)c3c2CC(c2ccccn2)(c2ccccn2)C=C3)cc1. The lowest BCUT2D eigenvalue weighted by atomic mass is 9.73. The van der Waals surface area contributed by atoms with Crippen LogP contribution in [-0.4, -0.2) is 33.6 Å². The topological polar surface area (TPSA) is 89.8 Å². The number of aryl methyl sites for hydroxylation is 1. The number of nitrogens with one attached hydrogen (secondary N) is 1. The third kappa shape index (κ3) is 3.74. The van der Waals surface area contributed by atoms with E-state index in [4.69, 9.17) is 0 Å². The second-order valence-corrected chi connectivity index (χ2v) is 11.0. The molecular weight excluding hydrogens is 458 g/mol. The minimum Gasteiger partial charge on any atom is -0.365 e. The summed E-state index contributed by atoms with van der Waals surface area (Å²) in [5.41, 5.74) is 3.29. The van der Waals surface area contributed by atoms with Gasteiger partial charge in [-0.25, -0.2) is 0 Å². The van der Waals surface area contributed by atoms with E-state index >= 15 is 0 Å². The van der Waals surface area contributed by atoms with Crippen molar-refractivity contribution in [2.75, 3.05) is 5.32 Å². The molecule has 0 saturated heterocycles. The van der Waals surface area contributed by atoms with E-state index in [9.17, 15) is 8.42 Å². The number of nitrogens with zero attached hydrogens (tertiary/aromatic N) is 4. The first kappa shape index (κ1) is 21.7. The fourth-order valence-corrected chi connectivity index (χ4v) is 5.93. The second-order valence-electron chi connectivity index (χ2n) is 9.20. The minimum atomic E-state index is -3.92. The maximum absolute atomic E-state index is 13.8. The van der Waals surface area contributed by atoms with Crippen LogP contribution in [-0.2, 0) is 21.9 Å². The molecular formula is C27H25N5O2S. The first-order valence-electron chi connectivity index (χ1n) is 11.7. The Morgan fingerprint density at radius 1 is 0.943 bits per heavy atom. The van der Waals surface area contributed by atoms with E-state index in [0.29, 0.717) is 24.0 Å². The van der Waals surface area contributed by atoms with Crippen LogP contribution in [0, 0.1) is 6.92 Å². The average molecular weight is 484 g/mol. The fraction of sp³-hybridized carbons (Fsp3) is 0.222. The molecule has 0 amide bonds. The Hall–Kier alpha value is -3.78. The highest BCUT2D eigenvalue weighted by Crippen LogP contribution is 2.43. The summed E-state index contributed by atoms with van der Waals surface area (Å²) in [6, 6.07) is 18.8. The molecule has 1 fully saturated rings. The van der Waals surface area contributed by atoms with Crippen LogP contribution < -0.4 is 5.32 Å². The van der Waals surface area contributed by atoms with E-state index in [1.165, 1.54) is 4.09 Å². The Kier molecular flexibility index (Phi) is 5.07. The van der Waals surface area contributed by atoms with Gasteiger partial charge in [0.05, 0.1) is 27.4 Å². The van der Waals surface area contributed by atoms with Gasteiger partial charge >= 0.3 is 0 Å². The van der Waals surface area contributed by atoms with Crippen molar-refractivity contribution in [3.05, 3.63) is 107 Å². The van der Waals surface area contributed by atoms with Crippen LogP contribution in [0.2, 0.25) is 0 Å². The van der Waals surface area contributed by atoms with Gasteiger partial charge in [0.2, 0.25) is 0 Å². The van der Waals surface area contributed by atoms with Gasteiger partial charge in [-0.1, -0.05) is 42.0 Å². The Labute approximate surface area is 204 Å². The van der Waals surface area contributed by atoms with Gasteiger partial charge in [0.15, 0.2) is 5.82 Å². The lowest BCUT2D eigenvalue weighted by Gasteiger charge is -2.32. The van der Waals surface area contributed by atoms with Crippen molar-refractivity contribution in [3.63, 3.8) is 0 Å². The van der Waals surface area contributed by atoms with E-state index in [2.05, 4.69) is 26.5 Å². The Balaban J connectivity index is 1.55. The van der Waals surface area contributed by atoms with Gasteiger partial charge in [-0.15, -0.1) is 5.10 Å². The van der Waals surface area contributed by atoms with Gasteiger partial charge in [0.1, 0.15) is 0 Å². The highest BCUT2D eigenvalue weighted by atomic mass is 32.2. The molecule has 1 N–H and O–H groups in total. The van der Waals surface area contributed by atoms with Crippen LogP contribution in [0.1, 0.15) is 41.1 Å². The molecule has 1 aromatic carbocycles. The molecule has 3 heterocycles. The predicted octanol–water partition coefficient (Wildman–Crippen LogP) is 4.35. The molecule has 35 heavy (non-hydrogen) atoms. The molecule has 0 atom stereocenters. The molecule has 7 nitrogen and oxygen atoms in total. The maximum atomic E-state index is 13.8. The van der Waals surface area contributed by atoms with Crippen molar-refractivity contribution in [3.8, 4) is 0 Å². The smallest absolute Gasteiger partial charge is 0.283 e. The third-order valence-corrected chi connectivity index (χ3v) is 8.30. The van der Waals surface area contributed by atoms with Crippen molar-refractivity contribution in [1.29, 1.82) is 0 Å². The second kappa shape index (κ2) is 8.16. The van der Waals surface area contributed by atoms with Crippen LogP contribution in [0.4, 0.5) is 5.82 Å². The quantitative estimate of drug-likeness (QED) is 0.439. The summed E-state index contributed by atoms with van der Waals surface area (Å²) >= 11 is 0. The number of hydrogen-bond acceptors (Lipinski definition) is 6. The van der Waals surface area contributed by atoms with Crippen molar-refractivity contribution in [2.45, 2.75) is 42.5 Å². The van der Waals surface area contributed by atoms with Gasteiger partial charge in [0.25, 0.3) is 10.0 Å². The number of rotatable bonds is 6. The Morgan fingerprint density at radius 2 is 1.60 bits per heavy atom. The molecule has 2 aliphatic rings. The Bertz CT molecular complexity index is 1470. The van der Waals surface area contributed by atoms with Crippen LogP contribution in [0.5, 0.6) is 0 Å². The Morgan fingerprint density at radius 3 is 2.17 bits per heavy atom. The van der Waals surface area contributed by atoms with Crippen molar-refractivity contribution < 1.29 is 8.42 Å². The molecule has 0 unspecified atom stereocenters. The number of aromatic nitrogens is 4. The van der Waals surface area contributed by atoms with Gasteiger partial charge in [-0.2, -0.15) is 12.5 Å². The molecule has 176 valence electrons. The first-order chi connectivity index (χ1) is 17.0. The minimum absolute atomic E-state index is 0.210. The fourth-order valence-electron chi connectivity index (χ4n) is 4.60. The van der Waals surface area contributed by atoms with E-state index < -0.39 is 15.4 Å². The van der Waals surface area contributed by atoms with Gasteiger partial charge < -0.3 is 5.32 Å². The summed E-state index contributed by atoms with van der Waals surface area (Å²) in [7, 11) is -3.92. The lowest BCUT2D eigenvalue weighted by Crippen LogP contribution is -2.34. The summed E-state index contributed by atoms with van der Waals surface area (Å²) in [5, 5.41) is 8.05. The molecule has 4 aromatic rings. The van der Waals surface area contributed by atoms with Gasteiger partial charge in [-0.05, 0) is 56.2 Å². The summed E-state index contributed by atoms with van der Waals surface area (Å²) < 4.78 is 28.9. The van der Waals surface area contributed by atoms with E-state index in [1.54, 1.807) is 36.7 Å². The monoisotopic (exact) mass is 483 g/mol. The van der Waals surface area contributed by atoms with Gasteiger partial charge in [-0.3, -0.25) is 9.97 Å². The van der Waals surface area contributed by atoms with Crippen molar-refractivity contribution in [2.24, 2.45) is 0 Å². The number of hydrogen-bond donors (Lipinski definition) is 1. The average Bonchev–Trinajstić information content (AvgIpc) is 3.64. The van der Waals surface area contributed by atoms with Crippen LogP contribution >= 0.6 is 0 Å². The molecule has 3 aromatic heterocycles. The summed E-state index contributed by atoms with van der Waals surface area (Å²) in [5.74, 6) is 0.602. The number of benzene rings is 1. The number of anilines is 1. The third-order valence-electron chi connectivity index (χ3n) is 6.68. The van der Waals surface area contributed by atoms with Crippen LogP contribution in [0.3, 0.4) is 0 Å². The molecule has 0 aliphatic heterocycles. The zero-order chi connectivity index (χ0) is 24.0. The summed E-state index contributed by atoms with van der Waals surface area (Å²) in [6.07, 6.45) is 10.0. The zero-order valence-electron chi connectivity index (χ0n) is 19.3. The zero-order valence-corrected chi connectivity index (χ0v) is 20.1. The molecule has 8 heteroatoms. The van der Waals surface area contributed by atoms with E-state index in [-0.39, 0.29) is 4.90 Å². The van der Waals surface area contributed by atoms with E-state index in [1.807, 2.05) is 49.4 Å². The standard InChI is InChI=1S/C27H25N5O2S/c1-19-8-12-21(13-9-19)35(33,34)32-23-18-27(24-6-2-4-16-28-24,25-7-3-5-17-29-25)15-14-22(23)26(31-32)30-20-10-11-20/h2-9,12-17,20H,10-11,18H2,1H3,(H,30,31). The summed E-state index contributed by atoms with van der Waals surface area (Å²) in [6.45, 7) is 1.93. The predicted molar refractivity (Wildman–Crippen MR) is 135 cm³/mol. The number of allylic oxidation sites excluding steroid dienone is 1. The van der Waals surface area contributed by atoms with Crippen molar-refractivity contribution in [1.82, 2.24) is 19.2 Å². The lowest BCUT2D eigenvalue weighted by molar-refractivity contribution is 0.554. The van der Waals surface area contributed by atoms with E-state index in [0.717, 1.165) is 35.4 Å². The van der Waals surface area contributed by atoms with Crippen molar-refractivity contribution >= 4 is 21.9 Å². The highest BCUT2D eigenvalue weighted by molar-refractivity contribution is 7.89. The molecule has 2 aliphatic carbocycles. The van der Waals surface area contributed by atoms with Crippen LogP contribution in [0.25, 0.3) is 6.08 Å². The number of pyridine rings is 2.